The summed E-state index contributed by atoms with van der Waals surface area (Å²) in [5, 5.41) is 12.7. The summed E-state index contributed by atoms with van der Waals surface area (Å²) < 4.78 is 24.6. The van der Waals surface area contributed by atoms with Crippen molar-refractivity contribution in [3.8, 4) is 0 Å². The van der Waals surface area contributed by atoms with Crippen molar-refractivity contribution in [2.24, 2.45) is 5.14 Å². The Kier molecular flexibility index (Phi) is 4.20. The number of rotatable bonds is 5. The van der Waals surface area contributed by atoms with Gasteiger partial charge in [-0.05, 0) is 18.9 Å². The molecule has 0 fully saturated rings. The topological polar surface area (TPSA) is 90.9 Å². The highest BCUT2D eigenvalue weighted by atomic mass is 32.2. The molecule has 2 N–H and O–H groups in total. The molecule has 0 radical (unpaired) electrons. The standard InChI is InChI=1S/C13H18N4O2S/c1-3-8-17-12(15-16-13(17)20(14,18)19)9-11-6-4-10(2)5-7-11/h4-7H,3,8-9H2,1-2H3,(H2,14,18,19). The van der Waals surface area contributed by atoms with Crippen LogP contribution in [-0.2, 0) is 23.0 Å². The van der Waals surface area contributed by atoms with Crippen LogP contribution in [0, 0.1) is 6.92 Å². The number of hydrogen-bond donors (Lipinski definition) is 1. The van der Waals surface area contributed by atoms with Gasteiger partial charge in [0.05, 0.1) is 0 Å². The molecule has 1 aromatic carbocycles. The molecule has 0 saturated carbocycles. The zero-order valence-corrected chi connectivity index (χ0v) is 12.4. The summed E-state index contributed by atoms with van der Waals surface area (Å²) in [6.45, 7) is 4.50. The fourth-order valence-corrected chi connectivity index (χ4v) is 2.66. The van der Waals surface area contributed by atoms with Crippen LogP contribution in [0.3, 0.4) is 0 Å². The molecule has 0 aliphatic rings. The summed E-state index contributed by atoms with van der Waals surface area (Å²) in [5.74, 6) is 0.611. The first-order valence-corrected chi connectivity index (χ1v) is 7.97. The van der Waals surface area contributed by atoms with Crippen molar-refractivity contribution in [3.63, 3.8) is 0 Å². The Morgan fingerprint density at radius 2 is 1.85 bits per heavy atom. The van der Waals surface area contributed by atoms with Gasteiger partial charge in [0, 0.05) is 13.0 Å². The lowest BCUT2D eigenvalue weighted by Crippen LogP contribution is -2.19. The minimum atomic E-state index is -3.84. The number of nitrogens with zero attached hydrogens (tertiary/aromatic N) is 3. The van der Waals surface area contributed by atoms with Crippen LogP contribution in [0.25, 0.3) is 0 Å². The van der Waals surface area contributed by atoms with Crippen molar-refractivity contribution in [1.29, 1.82) is 0 Å². The van der Waals surface area contributed by atoms with E-state index in [-0.39, 0.29) is 5.16 Å². The van der Waals surface area contributed by atoms with Crippen LogP contribution < -0.4 is 5.14 Å². The molecule has 0 aliphatic heterocycles. The molecule has 20 heavy (non-hydrogen) atoms. The third-order valence-corrected chi connectivity index (χ3v) is 3.79. The Bertz CT molecular complexity index is 690. The van der Waals surface area contributed by atoms with E-state index in [0.717, 1.165) is 12.0 Å². The number of benzene rings is 1. The summed E-state index contributed by atoms with van der Waals surface area (Å²) in [6.07, 6.45) is 1.31. The Labute approximate surface area is 118 Å². The molecule has 0 spiro atoms. The maximum atomic E-state index is 11.5. The van der Waals surface area contributed by atoms with Gasteiger partial charge in [-0.3, -0.25) is 0 Å². The van der Waals surface area contributed by atoms with Crippen molar-refractivity contribution < 1.29 is 8.42 Å². The minimum Gasteiger partial charge on any atom is -0.300 e. The molecule has 0 unspecified atom stereocenters. The maximum Gasteiger partial charge on any atom is 0.273 e. The van der Waals surface area contributed by atoms with E-state index in [1.54, 1.807) is 4.57 Å². The monoisotopic (exact) mass is 294 g/mol. The summed E-state index contributed by atoms with van der Waals surface area (Å²) in [5.41, 5.74) is 2.23. The minimum absolute atomic E-state index is 0.165. The van der Waals surface area contributed by atoms with Gasteiger partial charge in [0.25, 0.3) is 15.2 Å². The number of hydrogen-bond acceptors (Lipinski definition) is 4. The molecule has 1 aromatic heterocycles. The van der Waals surface area contributed by atoms with Gasteiger partial charge in [-0.2, -0.15) is 0 Å². The van der Waals surface area contributed by atoms with E-state index >= 15 is 0 Å². The molecule has 1 heterocycles. The molecule has 6 nitrogen and oxygen atoms in total. The molecule has 108 valence electrons. The van der Waals surface area contributed by atoms with E-state index < -0.39 is 10.0 Å². The van der Waals surface area contributed by atoms with E-state index in [0.29, 0.717) is 18.8 Å². The van der Waals surface area contributed by atoms with Crippen molar-refractivity contribution in [1.82, 2.24) is 14.8 Å². The zero-order chi connectivity index (χ0) is 14.8. The fraction of sp³-hybridized carbons (Fsp3) is 0.385. The van der Waals surface area contributed by atoms with Crippen molar-refractivity contribution in [2.45, 2.75) is 38.4 Å². The van der Waals surface area contributed by atoms with Gasteiger partial charge < -0.3 is 4.57 Å². The second kappa shape index (κ2) is 5.72. The van der Waals surface area contributed by atoms with Gasteiger partial charge in [-0.1, -0.05) is 36.8 Å². The van der Waals surface area contributed by atoms with Crippen molar-refractivity contribution in [2.75, 3.05) is 0 Å². The third-order valence-electron chi connectivity index (χ3n) is 2.98. The maximum absolute atomic E-state index is 11.5. The molecule has 2 rings (SSSR count). The third kappa shape index (κ3) is 3.23. The zero-order valence-electron chi connectivity index (χ0n) is 11.6. The molecular weight excluding hydrogens is 276 g/mol. The average Bonchev–Trinajstić information content (AvgIpc) is 2.76. The predicted molar refractivity (Wildman–Crippen MR) is 75.7 cm³/mol. The number of aryl methyl sites for hydroxylation is 1. The summed E-state index contributed by atoms with van der Waals surface area (Å²) in [6, 6.07) is 8.01. The number of nitrogens with two attached hydrogens (primary N) is 1. The smallest absolute Gasteiger partial charge is 0.273 e. The molecule has 2 aromatic rings. The Morgan fingerprint density at radius 3 is 2.40 bits per heavy atom. The first-order valence-electron chi connectivity index (χ1n) is 6.42. The Morgan fingerprint density at radius 1 is 1.20 bits per heavy atom. The highest BCUT2D eigenvalue weighted by Crippen LogP contribution is 2.13. The first-order chi connectivity index (χ1) is 9.41. The van der Waals surface area contributed by atoms with Crippen LogP contribution in [0.15, 0.2) is 29.4 Å². The van der Waals surface area contributed by atoms with Gasteiger partial charge >= 0.3 is 0 Å². The van der Waals surface area contributed by atoms with Gasteiger partial charge in [0.2, 0.25) is 0 Å². The van der Waals surface area contributed by atoms with E-state index in [2.05, 4.69) is 10.2 Å². The molecule has 0 bridgehead atoms. The Balaban J connectivity index is 2.37. The number of sulfonamides is 1. The molecule has 0 saturated heterocycles. The van der Waals surface area contributed by atoms with Gasteiger partial charge in [0.1, 0.15) is 5.82 Å². The lowest BCUT2D eigenvalue weighted by Gasteiger charge is -2.08. The lowest BCUT2D eigenvalue weighted by molar-refractivity contribution is 0.550. The fourth-order valence-electron chi connectivity index (χ4n) is 2.00. The second-order valence-corrected chi connectivity index (χ2v) is 6.21. The second-order valence-electron chi connectivity index (χ2n) is 4.76. The molecular formula is C13H18N4O2S. The van der Waals surface area contributed by atoms with Crippen molar-refractivity contribution in [3.05, 3.63) is 41.2 Å². The normalized spacial score (nSPS) is 11.8. The largest absolute Gasteiger partial charge is 0.300 e. The average molecular weight is 294 g/mol. The van der Waals surface area contributed by atoms with Crippen LogP contribution >= 0.6 is 0 Å². The van der Waals surface area contributed by atoms with Gasteiger partial charge in [0.15, 0.2) is 0 Å². The van der Waals surface area contributed by atoms with Crippen LogP contribution in [0.5, 0.6) is 0 Å². The molecule has 0 atom stereocenters. The van der Waals surface area contributed by atoms with Gasteiger partial charge in [-0.15, -0.1) is 10.2 Å². The summed E-state index contributed by atoms with van der Waals surface area (Å²) in [4.78, 5) is 0. The summed E-state index contributed by atoms with van der Waals surface area (Å²) in [7, 11) is -3.84. The SMILES string of the molecule is CCCn1c(Cc2ccc(C)cc2)nnc1S(N)(=O)=O. The van der Waals surface area contributed by atoms with Crippen molar-refractivity contribution >= 4 is 10.0 Å². The van der Waals surface area contributed by atoms with Gasteiger partial charge in [-0.25, -0.2) is 13.6 Å². The lowest BCUT2D eigenvalue weighted by atomic mass is 10.1. The highest BCUT2D eigenvalue weighted by Gasteiger charge is 2.20. The van der Waals surface area contributed by atoms with E-state index in [1.807, 2.05) is 38.1 Å². The van der Waals surface area contributed by atoms with E-state index in [4.69, 9.17) is 5.14 Å². The van der Waals surface area contributed by atoms with Crippen LogP contribution in [0.4, 0.5) is 0 Å². The van der Waals surface area contributed by atoms with Crippen LogP contribution in [-0.4, -0.2) is 23.2 Å². The van der Waals surface area contributed by atoms with E-state index in [9.17, 15) is 8.42 Å². The number of aromatic nitrogens is 3. The molecule has 0 aliphatic carbocycles. The molecule has 7 heteroatoms. The van der Waals surface area contributed by atoms with Crippen LogP contribution in [0.2, 0.25) is 0 Å². The molecule has 0 amide bonds. The first kappa shape index (κ1) is 14.7. The van der Waals surface area contributed by atoms with Crippen LogP contribution in [0.1, 0.15) is 30.3 Å². The highest BCUT2D eigenvalue weighted by molar-refractivity contribution is 7.89. The quantitative estimate of drug-likeness (QED) is 0.898. The number of primary sulfonamides is 1. The predicted octanol–water partition coefficient (Wildman–Crippen LogP) is 1.23. The summed E-state index contributed by atoms with van der Waals surface area (Å²) >= 11 is 0. The van der Waals surface area contributed by atoms with E-state index in [1.165, 1.54) is 5.56 Å². The Hall–Kier alpha value is -1.73.